The van der Waals surface area contributed by atoms with Crippen LogP contribution in [0.15, 0.2) is 54.7 Å². The second kappa shape index (κ2) is 7.70. The highest BCUT2D eigenvalue weighted by molar-refractivity contribution is 7.17. The monoisotopic (exact) mass is 338 g/mol. The van der Waals surface area contributed by atoms with Crippen molar-refractivity contribution < 1.29 is 4.79 Å². The number of carbonyl (C=O) groups is 1. The van der Waals surface area contributed by atoms with Gasteiger partial charge >= 0.3 is 0 Å². The number of rotatable bonds is 6. The number of benzene rings is 1. The van der Waals surface area contributed by atoms with Gasteiger partial charge in [0.1, 0.15) is 4.88 Å². The van der Waals surface area contributed by atoms with E-state index in [4.69, 9.17) is 0 Å². The summed E-state index contributed by atoms with van der Waals surface area (Å²) in [6, 6.07) is 15.7. The van der Waals surface area contributed by atoms with Gasteiger partial charge in [-0.3, -0.25) is 9.78 Å². The molecule has 0 saturated heterocycles. The maximum atomic E-state index is 12.3. The van der Waals surface area contributed by atoms with E-state index in [0.29, 0.717) is 18.0 Å². The van der Waals surface area contributed by atoms with E-state index in [1.165, 1.54) is 16.9 Å². The third-order valence-electron chi connectivity index (χ3n) is 3.45. The van der Waals surface area contributed by atoms with Gasteiger partial charge in [-0.25, -0.2) is 4.98 Å². The van der Waals surface area contributed by atoms with Crippen molar-refractivity contribution >= 4 is 22.4 Å². The maximum Gasteiger partial charge on any atom is 0.263 e. The zero-order chi connectivity index (χ0) is 16.8. The molecule has 0 fully saturated rings. The topological polar surface area (TPSA) is 66.9 Å². The summed E-state index contributed by atoms with van der Waals surface area (Å²) in [5.41, 5.74) is 2.73. The Kier molecular flexibility index (Phi) is 5.18. The van der Waals surface area contributed by atoms with Gasteiger partial charge in [0.25, 0.3) is 5.91 Å². The SMILES string of the molecule is Cc1nc(NCc2ccccc2)sc1C(=O)NCc1ccccn1. The molecular weight excluding hydrogens is 320 g/mol. The van der Waals surface area contributed by atoms with E-state index in [1.807, 2.05) is 55.5 Å². The van der Waals surface area contributed by atoms with Crippen LogP contribution in [0.3, 0.4) is 0 Å². The fourth-order valence-corrected chi connectivity index (χ4v) is 3.09. The van der Waals surface area contributed by atoms with Crippen molar-refractivity contribution in [3.8, 4) is 0 Å². The molecule has 122 valence electrons. The Hall–Kier alpha value is -2.73. The van der Waals surface area contributed by atoms with Gasteiger partial charge < -0.3 is 10.6 Å². The Balaban J connectivity index is 1.59. The largest absolute Gasteiger partial charge is 0.357 e. The van der Waals surface area contributed by atoms with Crippen LogP contribution in [0.2, 0.25) is 0 Å². The molecule has 2 aromatic heterocycles. The summed E-state index contributed by atoms with van der Waals surface area (Å²) < 4.78 is 0. The van der Waals surface area contributed by atoms with E-state index in [9.17, 15) is 4.79 Å². The van der Waals surface area contributed by atoms with Crippen LogP contribution in [0.25, 0.3) is 0 Å². The van der Waals surface area contributed by atoms with Crippen LogP contribution in [-0.2, 0) is 13.1 Å². The second-order valence-electron chi connectivity index (χ2n) is 5.28. The third kappa shape index (κ3) is 4.17. The van der Waals surface area contributed by atoms with Gasteiger partial charge in [0.15, 0.2) is 5.13 Å². The first-order valence-corrected chi connectivity index (χ1v) is 8.47. The molecule has 0 saturated carbocycles. The molecule has 0 bridgehead atoms. The molecule has 1 amide bonds. The van der Waals surface area contributed by atoms with Crippen molar-refractivity contribution in [2.75, 3.05) is 5.32 Å². The van der Waals surface area contributed by atoms with E-state index >= 15 is 0 Å². The normalized spacial score (nSPS) is 10.4. The van der Waals surface area contributed by atoms with E-state index in [0.717, 1.165) is 16.5 Å². The van der Waals surface area contributed by atoms with Gasteiger partial charge in [0.05, 0.1) is 17.9 Å². The summed E-state index contributed by atoms with van der Waals surface area (Å²) in [6.45, 7) is 2.94. The number of nitrogens with zero attached hydrogens (tertiary/aromatic N) is 2. The fourth-order valence-electron chi connectivity index (χ4n) is 2.21. The average molecular weight is 338 g/mol. The van der Waals surface area contributed by atoms with Crippen molar-refractivity contribution in [1.82, 2.24) is 15.3 Å². The number of hydrogen-bond donors (Lipinski definition) is 2. The van der Waals surface area contributed by atoms with E-state index in [-0.39, 0.29) is 5.91 Å². The number of nitrogens with one attached hydrogen (secondary N) is 2. The van der Waals surface area contributed by atoms with Crippen molar-refractivity contribution in [3.05, 3.63) is 76.6 Å². The Labute approximate surface area is 144 Å². The molecule has 1 aromatic carbocycles. The number of aryl methyl sites for hydroxylation is 1. The van der Waals surface area contributed by atoms with E-state index in [2.05, 4.69) is 20.6 Å². The molecule has 3 aromatic rings. The molecule has 2 heterocycles. The smallest absolute Gasteiger partial charge is 0.263 e. The Bertz CT molecular complexity index is 802. The Morgan fingerprint density at radius 3 is 2.62 bits per heavy atom. The molecule has 0 aliphatic carbocycles. The number of hydrogen-bond acceptors (Lipinski definition) is 5. The van der Waals surface area contributed by atoms with Crippen molar-refractivity contribution in [2.45, 2.75) is 20.0 Å². The molecule has 0 aliphatic rings. The minimum Gasteiger partial charge on any atom is -0.357 e. The average Bonchev–Trinajstić information content (AvgIpc) is 3.00. The van der Waals surface area contributed by atoms with Crippen LogP contribution in [-0.4, -0.2) is 15.9 Å². The molecule has 0 radical (unpaired) electrons. The number of pyridine rings is 1. The zero-order valence-electron chi connectivity index (χ0n) is 13.3. The van der Waals surface area contributed by atoms with E-state index in [1.54, 1.807) is 6.20 Å². The van der Waals surface area contributed by atoms with Crippen molar-refractivity contribution in [2.24, 2.45) is 0 Å². The molecule has 0 atom stereocenters. The van der Waals surface area contributed by atoms with Gasteiger partial charge in [-0.05, 0) is 24.6 Å². The Morgan fingerprint density at radius 2 is 1.88 bits per heavy atom. The quantitative estimate of drug-likeness (QED) is 0.723. The lowest BCUT2D eigenvalue weighted by atomic mass is 10.2. The zero-order valence-corrected chi connectivity index (χ0v) is 14.1. The molecule has 0 unspecified atom stereocenters. The summed E-state index contributed by atoms with van der Waals surface area (Å²) >= 11 is 1.37. The predicted octanol–water partition coefficient (Wildman–Crippen LogP) is 3.39. The molecule has 6 heteroatoms. The third-order valence-corrected chi connectivity index (χ3v) is 4.56. The highest BCUT2D eigenvalue weighted by atomic mass is 32.1. The first kappa shape index (κ1) is 16.1. The van der Waals surface area contributed by atoms with Crippen LogP contribution in [0.5, 0.6) is 0 Å². The molecule has 0 spiro atoms. The lowest BCUT2D eigenvalue weighted by molar-refractivity contribution is 0.0953. The van der Waals surface area contributed by atoms with Crippen LogP contribution in [0.4, 0.5) is 5.13 Å². The number of thiazole rings is 1. The van der Waals surface area contributed by atoms with Crippen LogP contribution in [0, 0.1) is 6.92 Å². The van der Waals surface area contributed by atoms with Gasteiger partial charge in [-0.15, -0.1) is 0 Å². The first-order valence-electron chi connectivity index (χ1n) is 7.65. The van der Waals surface area contributed by atoms with Crippen LogP contribution < -0.4 is 10.6 Å². The Morgan fingerprint density at radius 1 is 1.08 bits per heavy atom. The molecule has 24 heavy (non-hydrogen) atoms. The number of carbonyl (C=O) groups excluding carboxylic acids is 1. The predicted molar refractivity (Wildman–Crippen MR) is 96.0 cm³/mol. The second-order valence-corrected chi connectivity index (χ2v) is 6.28. The van der Waals surface area contributed by atoms with Gasteiger partial charge in [-0.1, -0.05) is 47.7 Å². The molecule has 3 rings (SSSR count). The van der Waals surface area contributed by atoms with Crippen LogP contribution in [0.1, 0.15) is 26.6 Å². The summed E-state index contributed by atoms with van der Waals surface area (Å²) in [7, 11) is 0. The lowest BCUT2D eigenvalue weighted by Crippen LogP contribution is -2.23. The molecule has 5 nitrogen and oxygen atoms in total. The molecule has 0 aliphatic heterocycles. The van der Waals surface area contributed by atoms with Gasteiger partial charge in [-0.2, -0.15) is 0 Å². The summed E-state index contributed by atoms with van der Waals surface area (Å²) in [6.07, 6.45) is 1.71. The fraction of sp³-hybridized carbons (Fsp3) is 0.167. The van der Waals surface area contributed by atoms with Crippen molar-refractivity contribution in [1.29, 1.82) is 0 Å². The minimum atomic E-state index is -0.122. The molecule has 2 N–H and O–H groups in total. The summed E-state index contributed by atoms with van der Waals surface area (Å²) in [5.74, 6) is -0.122. The van der Waals surface area contributed by atoms with E-state index < -0.39 is 0 Å². The number of aromatic nitrogens is 2. The van der Waals surface area contributed by atoms with Crippen LogP contribution >= 0.6 is 11.3 Å². The highest BCUT2D eigenvalue weighted by Crippen LogP contribution is 2.23. The number of amides is 1. The maximum absolute atomic E-state index is 12.3. The number of anilines is 1. The van der Waals surface area contributed by atoms with Crippen molar-refractivity contribution in [3.63, 3.8) is 0 Å². The summed E-state index contributed by atoms with van der Waals surface area (Å²) in [5, 5.41) is 6.90. The first-order chi connectivity index (χ1) is 11.7. The highest BCUT2D eigenvalue weighted by Gasteiger charge is 2.15. The van der Waals surface area contributed by atoms with Gasteiger partial charge in [0, 0.05) is 12.7 Å². The molecular formula is C18H18N4OS. The standard InChI is InChI=1S/C18H18N4OS/c1-13-16(17(23)20-12-15-9-5-6-10-19-15)24-18(22-13)21-11-14-7-3-2-4-8-14/h2-10H,11-12H2,1H3,(H,20,23)(H,21,22). The van der Waals surface area contributed by atoms with Gasteiger partial charge in [0.2, 0.25) is 0 Å². The minimum absolute atomic E-state index is 0.122. The summed E-state index contributed by atoms with van der Waals surface area (Å²) in [4.78, 5) is 21.6. The lowest BCUT2D eigenvalue weighted by Gasteiger charge is -2.03.